The molecule has 6 heteroatoms. The van der Waals surface area contributed by atoms with Crippen LogP contribution >= 0.6 is 22.6 Å². The molecule has 0 bridgehead atoms. The fourth-order valence-electron chi connectivity index (χ4n) is 1.84. The van der Waals surface area contributed by atoms with Gasteiger partial charge in [-0.25, -0.2) is 4.79 Å². The summed E-state index contributed by atoms with van der Waals surface area (Å²) in [6.45, 7) is 0. The predicted octanol–water partition coefficient (Wildman–Crippen LogP) is 3.71. The van der Waals surface area contributed by atoms with Crippen molar-refractivity contribution >= 4 is 28.6 Å². The van der Waals surface area contributed by atoms with Crippen molar-refractivity contribution in [2.24, 2.45) is 0 Å². The monoisotopic (exact) mass is 392 g/mol. The van der Waals surface area contributed by atoms with Gasteiger partial charge in [0.25, 0.3) is 0 Å². The van der Waals surface area contributed by atoms with Gasteiger partial charge < -0.3 is 9.52 Å². The molecule has 0 radical (unpaired) electrons. The molecule has 0 atom stereocenters. The first kappa shape index (κ1) is 13.7. The SMILES string of the molecule is O=C(O)c1ccc(-c2nnc(-c3ccccc3I)o2)cc1. The number of carboxylic acids is 1. The van der Waals surface area contributed by atoms with E-state index >= 15 is 0 Å². The minimum absolute atomic E-state index is 0.219. The normalized spacial score (nSPS) is 10.5. The molecule has 0 spiro atoms. The first-order chi connectivity index (χ1) is 10.1. The number of rotatable bonds is 3. The molecule has 3 aromatic rings. The van der Waals surface area contributed by atoms with Crippen molar-refractivity contribution in [2.75, 3.05) is 0 Å². The Kier molecular flexibility index (Phi) is 3.70. The Morgan fingerprint density at radius 3 is 2.33 bits per heavy atom. The van der Waals surface area contributed by atoms with Gasteiger partial charge in [-0.3, -0.25) is 0 Å². The summed E-state index contributed by atoms with van der Waals surface area (Å²) in [4.78, 5) is 10.8. The largest absolute Gasteiger partial charge is 0.478 e. The van der Waals surface area contributed by atoms with E-state index < -0.39 is 5.97 Å². The van der Waals surface area contributed by atoms with Gasteiger partial charge in [-0.1, -0.05) is 12.1 Å². The van der Waals surface area contributed by atoms with Gasteiger partial charge in [-0.05, 0) is 59.0 Å². The van der Waals surface area contributed by atoms with Crippen LogP contribution in [0.15, 0.2) is 52.9 Å². The van der Waals surface area contributed by atoms with Crippen LogP contribution < -0.4 is 0 Å². The summed E-state index contributed by atoms with van der Waals surface area (Å²) in [6.07, 6.45) is 0. The second kappa shape index (κ2) is 5.65. The number of benzene rings is 2. The van der Waals surface area contributed by atoms with Crippen molar-refractivity contribution in [3.63, 3.8) is 0 Å². The molecule has 1 aromatic heterocycles. The molecule has 0 aliphatic rings. The summed E-state index contributed by atoms with van der Waals surface area (Å²) in [5.74, 6) is -0.162. The molecule has 104 valence electrons. The van der Waals surface area contributed by atoms with Crippen LogP contribution in [0.2, 0.25) is 0 Å². The van der Waals surface area contributed by atoms with E-state index in [-0.39, 0.29) is 5.56 Å². The van der Waals surface area contributed by atoms with E-state index in [0.717, 1.165) is 9.13 Å². The van der Waals surface area contributed by atoms with E-state index in [4.69, 9.17) is 9.52 Å². The number of aromatic carboxylic acids is 1. The maximum atomic E-state index is 10.8. The van der Waals surface area contributed by atoms with Crippen LogP contribution in [-0.2, 0) is 0 Å². The molecule has 0 aliphatic heterocycles. The van der Waals surface area contributed by atoms with E-state index in [0.29, 0.717) is 17.3 Å². The molecule has 0 saturated carbocycles. The van der Waals surface area contributed by atoms with Crippen LogP contribution in [0.1, 0.15) is 10.4 Å². The molecule has 0 unspecified atom stereocenters. The summed E-state index contributed by atoms with van der Waals surface area (Å²) in [6, 6.07) is 14.0. The molecule has 0 aliphatic carbocycles. The molecule has 2 aromatic carbocycles. The lowest BCUT2D eigenvalue weighted by atomic mass is 10.1. The zero-order valence-electron chi connectivity index (χ0n) is 10.7. The highest BCUT2D eigenvalue weighted by Crippen LogP contribution is 2.27. The maximum absolute atomic E-state index is 10.8. The lowest BCUT2D eigenvalue weighted by Gasteiger charge is -1.98. The second-order valence-electron chi connectivity index (χ2n) is 4.27. The van der Waals surface area contributed by atoms with Crippen molar-refractivity contribution < 1.29 is 14.3 Å². The lowest BCUT2D eigenvalue weighted by molar-refractivity contribution is 0.0697. The van der Waals surface area contributed by atoms with Gasteiger partial charge in [-0.2, -0.15) is 0 Å². The number of nitrogens with zero attached hydrogens (tertiary/aromatic N) is 2. The minimum atomic E-state index is -0.966. The van der Waals surface area contributed by atoms with Gasteiger partial charge in [0, 0.05) is 9.13 Å². The van der Waals surface area contributed by atoms with Crippen LogP contribution in [-0.4, -0.2) is 21.3 Å². The number of hydrogen-bond acceptors (Lipinski definition) is 4. The molecule has 1 N–H and O–H groups in total. The quantitative estimate of drug-likeness (QED) is 0.688. The van der Waals surface area contributed by atoms with Crippen molar-refractivity contribution in [3.05, 3.63) is 57.7 Å². The molecular weight excluding hydrogens is 383 g/mol. The number of aromatic nitrogens is 2. The number of halogens is 1. The fraction of sp³-hybridized carbons (Fsp3) is 0. The third-order valence-corrected chi connectivity index (χ3v) is 3.85. The molecule has 0 fully saturated rings. The van der Waals surface area contributed by atoms with E-state index in [1.807, 2.05) is 24.3 Å². The highest BCUT2D eigenvalue weighted by atomic mass is 127. The Balaban J connectivity index is 1.95. The van der Waals surface area contributed by atoms with E-state index in [1.165, 1.54) is 12.1 Å². The van der Waals surface area contributed by atoms with Crippen LogP contribution in [0, 0.1) is 3.57 Å². The molecule has 3 rings (SSSR count). The average molecular weight is 392 g/mol. The van der Waals surface area contributed by atoms with Crippen LogP contribution in [0.5, 0.6) is 0 Å². The number of carboxylic acid groups (broad SMARTS) is 1. The Hall–Kier alpha value is -2.22. The van der Waals surface area contributed by atoms with Gasteiger partial charge >= 0.3 is 5.97 Å². The Morgan fingerprint density at radius 1 is 1.00 bits per heavy atom. The van der Waals surface area contributed by atoms with E-state index in [1.54, 1.807) is 12.1 Å². The first-order valence-corrected chi connectivity index (χ1v) is 7.15. The van der Waals surface area contributed by atoms with Gasteiger partial charge in [0.1, 0.15) is 0 Å². The fourth-order valence-corrected chi connectivity index (χ4v) is 2.46. The number of hydrogen-bond donors (Lipinski definition) is 1. The Labute approximate surface area is 133 Å². The first-order valence-electron chi connectivity index (χ1n) is 6.07. The molecule has 21 heavy (non-hydrogen) atoms. The van der Waals surface area contributed by atoms with Crippen LogP contribution in [0.4, 0.5) is 0 Å². The second-order valence-corrected chi connectivity index (χ2v) is 5.44. The predicted molar refractivity (Wildman–Crippen MR) is 84.8 cm³/mol. The minimum Gasteiger partial charge on any atom is -0.478 e. The Morgan fingerprint density at radius 2 is 1.67 bits per heavy atom. The van der Waals surface area contributed by atoms with Crippen LogP contribution in [0.3, 0.4) is 0 Å². The number of carbonyl (C=O) groups is 1. The summed E-state index contributed by atoms with van der Waals surface area (Å²) in [5, 5.41) is 16.9. The molecular formula is C15H9IN2O3. The summed E-state index contributed by atoms with van der Waals surface area (Å²) in [5.41, 5.74) is 1.78. The van der Waals surface area contributed by atoms with Crippen molar-refractivity contribution in [2.45, 2.75) is 0 Å². The highest BCUT2D eigenvalue weighted by Gasteiger charge is 2.13. The molecule has 5 nitrogen and oxygen atoms in total. The third kappa shape index (κ3) is 2.80. The third-order valence-electron chi connectivity index (χ3n) is 2.91. The van der Waals surface area contributed by atoms with Crippen molar-refractivity contribution in [1.82, 2.24) is 10.2 Å². The zero-order chi connectivity index (χ0) is 14.8. The highest BCUT2D eigenvalue weighted by molar-refractivity contribution is 14.1. The summed E-state index contributed by atoms with van der Waals surface area (Å²) in [7, 11) is 0. The van der Waals surface area contributed by atoms with Crippen molar-refractivity contribution in [1.29, 1.82) is 0 Å². The lowest BCUT2D eigenvalue weighted by Crippen LogP contribution is -1.94. The average Bonchev–Trinajstić information content (AvgIpc) is 2.97. The zero-order valence-corrected chi connectivity index (χ0v) is 12.8. The topological polar surface area (TPSA) is 76.2 Å². The van der Waals surface area contributed by atoms with Gasteiger partial charge in [-0.15, -0.1) is 10.2 Å². The summed E-state index contributed by atoms with van der Waals surface area (Å²) < 4.78 is 6.68. The van der Waals surface area contributed by atoms with E-state index in [2.05, 4.69) is 32.8 Å². The maximum Gasteiger partial charge on any atom is 0.335 e. The van der Waals surface area contributed by atoms with Gasteiger partial charge in [0.05, 0.1) is 11.1 Å². The van der Waals surface area contributed by atoms with Crippen LogP contribution in [0.25, 0.3) is 22.9 Å². The van der Waals surface area contributed by atoms with E-state index in [9.17, 15) is 4.79 Å². The Bertz CT molecular complexity index is 797. The summed E-state index contributed by atoms with van der Waals surface area (Å²) >= 11 is 2.21. The van der Waals surface area contributed by atoms with Gasteiger partial charge in [0.2, 0.25) is 11.8 Å². The molecule has 1 heterocycles. The van der Waals surface area contributed by atoms with Crippen molar-refractivity contribution in [3.8, 4) is 22.9 Å². The standard InChI is InChI=1S/C15H9IN2O3/c16-12-4-2-1-3-11(12)14-18-17-13(21-14)9-5-7-10(8-6-9)15(19)20/h1-8H,(H,19,20). The molecule has 0 saturated heterocycles. The smallest absolute Gasteiger partial charge is 0.335 e. The van der Waals surface area contributed by atoms with Gasteiger partial charge in [0.15, 0.2) is 0 Å². The molecule has 0 amide bonds.